The number of aryl methyl sites for hydroxylation is 1. The van der Waals surface area contributed by atoms with Crippen molar-refractivity contribution in [2.75, 3.05) is 5.32 Å². The lowest BCUT2D eigenvalue weighted by Gasteiger charge is -2.42. The van der Waals surface area contributed by atoms with Gasteiger partial charge in [0.25, 0.3) is 5.91 Å². The largest absolute Gasteiger partial charge is 0.456 e. The molecule has 1 aliphatic carbocycles. The van der Waals surface area contributed by atoms with Crippen LogP contribution in [0.2, 0.25) is 5.02 Å². The summed E-state index contributed by atoms with van der Waals surface area (Å²) >= 11 is 5.90. The van der Waals surface area contributed by atoms with Gasteiger partial charge in [0.15, 0.2) is 5.76 Å². The minimum atomic E-state index is -0.265. The minimum Gasteiger partial charge on any atom is -0.456 e. The van der Waals surface area contributed by atoms with Gasteiger partial charge in [-0.3, -0.25) is 4.79 Å². The van der Waals surface area contributed by atoms with Crippen molar-refractivity contribution in [1.82, 2.24) is 0 Å². The third kappa shape index (κ3) is 4.43. The molecule has 4 heteroatoms. The summed E-state index contributed by atoms with van der Waals surface area (Å²) in [5, 5.41) is 3.47. The van der Waals surface area contributed by atoms with Crippen molar-refractivity contribution < 1.29 is 9.21 Å². The maximum atomic E-state index is 12.5. The number of anilines is 1. The molecule has 2 aromatic carbocycles. The maximum Gasteiger partial charge on any atom is 0.291 e. The average molecular weight is 436 g/mol. The van der Waals surface area contributed by atoms with Crippen LogP contribution in [0.25, 0.3) is 0 Å². The molecule has 0 unspecified atom stereocenters. The van der Waals surface area contributed by atoms with E-state index in [0.29, 0.717) is 22.9 Å². The van der Waals surface area contributed by atoms with E-state index < -0.39 is 0 Å². The van der Waals surface area contributed by atoms with E-state index in [0.717, 1.165) is 5.76 Å². The normalized spacial score (nSPS) is 16.6. The number of hydrogen-bond donors (Lipinski definition) is 1. The number of hydrogen-bond acceptors (Lipinski definition) is 2. The number of nitrogens with one attached hydrogen (secondary N) is 1. The molecule has 162 valence electrons. The van der Waals surface area contributed by atoms with Crippen LogP contribution in [0, 0.1) is 6.92 Å². The van der Waals surface area contributed by atoms with Gasteiger partial charge in [0.1, 0.15) is 5.76 Å². The molecule has 4 rings (SSSR count). The fourth-order valence-corrected chi connectivity index (χ4v) is 4.59. The van der Waals surface area contributed by atoms with Gasteiger partial charge in [-0.05, 0) is 89.2 Å². The van der Waals surface area contributed by atoms with Gasteiger partial charge < -0.3 is 9.73 Å². The third-order valence-corrected chi connectivity index (χ3v) is 6.91. The Morgan fingerprint density at radius 1 is 0.968 bits per heavy atom. The van der Waals surface area contributed by atoms with Gasteiger partial charge in [-0.2, -0.15) is 0 Å². The Balaban J connectivity index is 1.56. The summed E-state index contributed by atoms with van der Waals surface area (Å²) in [6.45, 7) is 11.5. The Kier molecular flexibility index (Phi) is 5.51. The number of halogens is 1. The zero-order chi connectivity index (χ0) is 22.4. The highest BCUT2D eigenvalue weighted by atomic mass is 35.5. The van der Waals surface area contributed by atoms with Crippen LogP contribution in [0.1, 0.15) is 79.1 Å². The van der Waals surface area contributed by atoms with Crippen molar-refractivity contribution >= 4 is 23.2 Å². The highest BCUT2D eigenvalue weighted by Crippen LogP contribution is 2.46. The summed E-state index contributed by atoms with van der Waals surface area (Å²) in [6, 6.07) is 15.4. The Morgan fingerprint density at radius 2 is 1.58 bits per heavy atom. The van der Waals surface area contributed by atoms with Crippen LogP contribution in [-0.4, -0.2) is 5.91 Å². The Hall–Kier alpha value is -2.52. The van der Waals surface area contributed by atoms with Crippen LogP contribution in [0.5, 0.6) is 0 Å². The monoisotopic (exact) mass is 435 g/mol. The van der Waals surface area contributed by atoms with Crippen molar-refractivity contribution in [3.63, 3.8) is 0 Å². The van der Waals surface area contributed by atoms with E-state index in [2.05, 4.69) is 52.1 Å². The summed E-state index contributed by atoms with van der Waals surface area (Å²) in [6.07, 6.45) is 3.06. The smallest absolute Gasteiger partial charge is 0.291 e. The summed E-state index contributed by atoms with van der Waals surface area (Å²) in [5.41, 5.74) is 6.48. The topological polar surface area (TPSA) is 42.2 Å². The Labute approximate surface area is 189 Å². The standard InChI is InChI=1S/C27H30ClNO2/c1-17-14-22-23(27(4,5)13-12-26(22,2)3)16-18(17)15-21-10-11-24(31-21)25(30)29-20-8-6-19(28)7-9-20/h6-11,14,16H,12-13,15H2,1-5H3,(H,29,30). The molecule has 0 aliphatic heterocycles. The van der Waals surface area contributed by atoms with Crippen LogP contribution in [0.15, 0.2) is 52.9 Å². The van der Waals surface area contributed by atoms with Gasteiger partial charge in [-0.15, -0.1) is 0 Å². The van der Waals surface area contributed by atoms with E-state index in [1.807, 2.05) is 6.07 Å². The van der Waals surface area contributed by atoms with Gasteiger partial charge in [-0.1, -0.05) is 51.4 Å². The lowest BCUT2D eigenvalue weighted by molar-refractivity contribution is 0.0995. The Morgan fingerprint density at radius 3 is 2.23 bits per heavy atom. The van der Waals surface area contributed by atoms with E-state index in [-0.39, 0.29) is 16.7 Å². The number of fused-ring (bicyclic) bond motifs is 1. The first kappa shape index (κ1) is 21.7. The average Bonchev–Trinajstić information content (AvgIpc) is 3.17. The maximum absolute atomic E-state index is 12.5. The second kappa shape index (κ2) is 7.87. The molecule has 0 bridgehead atoms. The molecule has 31 heavy (non-hydrogen) atoms. The molecule has 0 saturated carbocycles. The summed E-state index contributed by atoms with van der Waals surface area (Å²) in [4.78, 5) is 12.5. The van der Waals surface area contributed by atoms with Crippen LogP contribution >= 0.6 is 11.6 Å². The molecule has 1 aliphatic rings. The molecule has 1 amide bonds. The molecule has 3 aromatic rings. The van der Waals surface area contributed by atoms with Crippen molar-refractivity contribution in [2.45, 2.75) is 64.7 Å². The first-order valence-corrected chi connectivity index (χ1v) is 11.2. The fourth-order valence-electron chi connectivity index (χ4n) is 4.47. The van der Waals surface area contributed by atoms with E-state index in [1.165, 1.54) is 35.1 Å². The minimum absolute atomic E-state index is 0.167. The number of carbonyl (C=O) groups excluding carboxylic acids is 1. The molecule has 0 fully saturated rings. The number of carbonyl (C=O) groups is 1. The van der Waals surface area contributed by atoms with E-state index in [9.17, 15) is 4.79 Å². The lowest BCUT2D eigenvalue weighted by Crippen LogP contribution is -2.34. The zero-order valence-electron chi connectivity index (χ0n) is 18.9. The van der Waals surface area contributed by atoms with Crippen molar-refractivity contribution in [3.05, 3.63) is 87.3 Å². The molecule has 1 N–H and O–H groups in total. The number of amides is 1. The highest BCUT2D eigenvalue weighted by molar-refractivity contribution is 6.30. The fraction of sp³-hybridized carbons (Fsp3) is 0.370. The van der Waals surface area contributed by atoms with E-state index >= 15 is 0 Å². The van der Waals surface area contributed by atoms with Crippen molar-refractivity contribution in [2.24, 2.45) is 0 Å². The number of rotatable bonds is 4. The SMILES string of the molecule is Cc1cc2c(cc1Cc1ccc(C(=O)Nc3ccc(Cl)cc3)o1)C(C)(C)CCC2(C)C. The van der Waals surface area contributed by atoms with Gasteiger partial charge in [0, 0.05) is 17.1 Å². The molecular weight excluding hydrogens is 406 g/mol. The van der Waals surface area contributed by atoms with Crippen LogP contribution in [0.3, 0.4) is 0 Å². The molecule has 3 nitrogen and oxygen atoms in total. The predicted molar refractivity (Wildman–Crippen MR) is 127 cm³/mol. The van der Waals surface area contributed by atoms with Crippen molar-refractivity contribution in [3.8, 4) is 0 Å². The second-order valence-corrected chi connectivity index (χ2v) is 10.4. The molecule has 0 saturated heterocycles. The summed E-state index contributed by atoms with van der Waals surface area (Å²) < 4.78 is 5.90. The predicted octanol–water partition coefficient (Wildman–Crippen LogP) is 7.43. The first-order valence-electron chi connectivity index (χ1n) is 10.9. The van der Waals surface area contributed by atoms with E-state index in [4.69, 9.17) is 16.0 Å². The third-order valence-electron chi connectivity index (χ3n) is 6.66. The van der Waals surface area contributed by atoms with Crippen molar-refractivity contribution in [1.29, 1.82) is 0 Å². The van der Waals surface area contributed by atoms with Crippen LogP contribution < -0.4 is 5.32 Å². The molecule has 1 aromatic heterocycles. The number of furan rings is 1. The van der Waals surface area contributed by atoms with Crippen LogP contribution in [0.4, 0.5) is 5.69 Å². The van der Waals surface area contributed by atoms with Gasteiger partial charge >= 0.3 is 0 Å². The van der Waals surface area contributed by atoms with E-state index in [1.54, 1.807) is 30.3 Å². The number of benzene rings is 2. The molecule has 0 atom stereocenters. The second-order valence-electron chi connectivity index (χ2n) is 10.00. The van der Waals surface area contributed by atoms with Gasteiger partial charge in [0.05, 0.1) is 0 Å². The van der Waals surface area contributed by atoms with Crippen LogP contribution in [-0.2, 0) is 17.3 Å². The molecule has 0 spiro atoms. The Bertz CT molecular complexity index is 1120. The molecule has 0 radical (unpaired) electrons. The quantitative estimate of drug-likeness (QED) is 0.462. The molecular formula is C27H30ClNO2. The summed E-state index contributed by atoms with van der Waals surface area (Å²) in [5.74, 6) is 0.831. The molecule has 1 heterocycles. The summed E-state index contributed by atoms with van der Waals surface area (Å²) in [7, 11) is 0. The highest BCUT2D eigenvalue weighted by Gasteiger charge is 2.37. The first-order chi connectivity index (χ1) is 14.5. The zero-order valence-corrected chi connectivity index (χ0v) is 19.7. The lowest BCUT2D eigenvalue weighted by atomic mass is 9.62. The van der Waals surface area contributed by atoms with Gasteiger partial charge in [-0.25, -0.2) is 0 Å². The van der Waals surface area contributed by atoms with Gasteiger partial charge in [0.2, 0.25) is 0 Å².